The molecule has 2 N–H and O–H groups in total. The van der Waals surface area contributed by atoms with Crippen molar-refractivity contribution in [1.29, 1.82) is 0 Å². The number of aromatic nitrogens is 7. The van der Waals surface area contributed by atoms with Crippen LogP contribution < -0.4 is 10.1 Å². The van der Waals surface area contributed by atoms with Crippen molar-refractivity contribution in [3.05, 3.63) is 287 Å². The quantitative estimate of drug-likeness (QED) is 0.0695. The van der Waals surface area contributed by atoms with Gasteiger partial charge in [0.15, 0.2) is 17.3 Å². The van der Waals surface area contributed by atoms with Gasteiger partial charge in [0.05, 0.1) is 53.4 Å². The molecule has 11 aromatic rings. The molecule has 424 valence electrons. The van der Waals surface area contributed by atoms with Crippen LogP contribution in [0.4, 0.5) is 16.3 Å². The highest BCUT2D eigenvalue weighted by molar-refractivity contribution is 6.40. The van der Waals surface area contributed by atoms with Gasteiger partial charge in [0.25, 0.3) is 0 Å². The Balaban J connectivity index is 1.36. The van der Waals surface area contributed by atoms with Crippen LogP contribution in [0.3, 0.4) is 0 Å². The molecule has 0 aliphatic carbocycles. The minimum atomic E-state index is -1.50. The van der Waals surface area contributed by atoms with Crippen LogP contribution in [-0.2, 0) is 28.5 Å². The second kappa shape index (κ2) is 26.1. The van der Waals surface area contributed by atoms with E-state index in [2.05, 4.69) is 20.7 Å². The minimum Gasteiger partial charge on any atom is -0.495 e. The number of carbonyl (C=O) groups is 4. The van der Waals surface area contributed by atoms with E-state index in [-0.39, 0.29) is 61.5 Å². The maximum absolute atomic E-state index is 15.9. The van der Waals surface area contributed by atoms with Crippen LogP contribution >= 0.6 is 0 Å². The molecule has 0 spiro atoms. The van der Waals surface area contributed by atoms with Gasteiger partial charge in [-0.15, -0.1) is 5.10 Å². The van der Waals surface area contributed by atoms with Crippen LogP contribution in [-0.4, -0.2) is 70.0 Å². The molecule has 14 nitrogen and oxygen atoms in total. The fraction of sp³-hybridized carbons (Fsp3) is 0.0411. The first-order valence-corrected chi connectivity index (χ1v) is 27.8. The molecule has 0 atom stereocenters. The standard InChI is InChI=1S/C73H56N8O6/c1-79-48-56(46-75-79)70-66(57(42-52-28-16-7-17-29-52)62(82)39-34-49-22-10-4-11-23-49)68-69(59(44-54-32-20-9-21-33-54)64(84)41-36-51-26-14-6-15-27-51)77-72(76-60-38-37-55(45-65(60)87-3)61-47-74-78-80(61)2)67(71(68)81(70)73(85)86)58(43-53-30-18-8-19-31-53)63(83)40-35-50-24-12-5-13-25-50/h4-48H,1-3H3,(H,76,77)(H,85,86). The Kier molecular flexibility index (Phi) is 17.1. The van der Waals surface area contributed by atoms with Crippen LogP contribution in [0.2, 0.25) is 0 Å². The number of pyridine rings is 1. The number of fused-ring (bicyclic) bond motifs is 1. The van der Waals surface area contributed by atoms with Gasteiger partial charge in [0, 0.05) is 59.1 Å². The van der Waals surface area contributed by atoms with Crippen LogP contribution in [0.5, 0.6) is 5.75 Å². The van der Waals surface area contributed by atoms with Gasteiger partial charge in [0.1, 0.15) is 11.6 Å². The molecule has 0 aliphatic rings. The molecule has 0 saturated carbocycles. The van der Waals surface area contributed by atoms with E-state index in [1.807, 2.05) is 188 Å². The lowest BCUT2D eigenvalue weighted by Gasteiger charge is -2.20. The number of carboxylic acid groups (broad SMARTS) is 1. The molecule has 87 heavy (non-hydrogen) atoms. The van der Waals surface area contributed by atoms with Gasteiger partial charge in [-0.25, -0.2) is 19.0 Å². The first-order chi connectivity index (χ1) is 42.5. The molecule has 11 rings (SSSR count). The summed E-state index contributed by atoms with van der Waals surface area (Å²) in [5.41, 5.74) is 5.97. The first kappa shape index (κ1) is 56.9. The van der Waals surface area contributed by atoms with Gasteiger partial charge in [-0.2, -0.15) is 5.10 Å². The summed E-state index contributed by atoms with van der Waals surface area (Å²) in [5, 5.41) is 28.7. The summed E-state index contributed by atoms with van der Waals surface area (Å²) in [4.78, 5) is 68.3. The number of nitrogens with zero attached hydrogens (tertiary/aromatic N) is 7. The SMILES string of the molecule is COc1cc(-c2cnnn2C)ccc1Nc1nc(C(=Cc2ccccc2)C(=O)C=Cc2ccccc2)c2c(C(=Cc3ccccc3)C(=O)C=Cc3ccccc3)c(-c3cnn(C)c3)n(C(=O)O)c2c1C(=Cc1ccccc1)C(=O)C=Cc1ccccc1. The Labute approximate surface area is 502 Å². The van der Waals surface area contributed by atoms with E-state index in [1.54, 1.807) is 79.8 Å². The topological polar surface area (TPSA) is 176 Å². The molecule has 0 aliphatic heterocycles. The van der Waals surface area contributed by atoms with E-state index in [4.69, 9.17) is 9.72 Å². The molecule has 0 saturated heterocycles. The lowest BCUT2D eigenvalue weighted by Crippen LogP contribution is -2.14. The van der Waals surface area contributed by atoms with Gasteiger partial charge in [-0.3, -0.25) is 19.1 Å². The molecular weight excluding hydrogens is 1080 g/mol. The average molecular weight is 1140 g/mol. The number of nitrogens with one attached hydrogen (secondary N) is 1. The number of allylic oxidation sites excluding steroid dienone is 6. The highest BCUT2D eigenvalue weighted by Crippen LogP contribution is 2.48. The maximum Gasteiger partial charge on any atom is 0.416 e. The largest absolute Gasteiger partial charge is 0.495 e. The van der Waals surface area contributed by atoms with Crippen molar-refractivity contribution in [2.45, 2.75) is 0 Å². The third-order valence-corrected chi connectivity index (χ3v) is 14.3. The molecule has 0 amide bonds. The number of benzene rings is 7. The van der Waals surface area contributed by atoms with Gasteiger partial charge in [-0.1, -0.05) is 211 Å². The second-order valence-corrected chi connectivity index (χ2v) is 20.2. The molecule has 4 heterocycles. The van der Waals surface area contributed by atoms with Crippen LogP contribution in [0.1, 0.15) is 50.2 Å². The monoisotopic (exact) mass is 1140 g/mol. The van der Waals surface area contributed by atoms with Crippen molar-refractivity contribution in [3.63, 3.8) is 0 Å². The molecule has 0 radical (unpaired) electrons. The number of hydrogen-bond acceptors (Lipinski definition) is 10. The maximum atomic E-state index is 15.9. The Morgan fingerprint density at radius 1 is 0.529 bits per heavy atom. The third-order valence-electron chi connectivity index (χ3n) is 14.3. The Morgan fingerprint density at radius 2 is 0.977 bits per heavy atom. The van der Waals surface area contributed by atoms with Crippen molar-refractivity contribution in [3.8, 4) is 28.3 Å². The molecular formula is C73H56N8O6. The van der Waals surface area contributed by atoms with E-state index in [0.29, 0.717) is 39.4 Å². The Hall–Kier alpha value is -11.9. The summed E-state index contributed by atoms with van der Waals surface area (Å²) < 4.78 is 10.4. The normalized spacial score (nSPS) is 12.1. The van der Waals surface area contributed by atoms with Crippen molar-refractivity contribution in [2.75, 3.05) is 12.4 Å². The van der Waals surface area contributed by atoms with Crippen molar-refractivity contribution in [1.82, 2.24) is 34.3 Å². The smallest absolute Gasteiger partial charge is 0.416 e. The Bertz CT molecular complexity index is 4540. The molecule has 14 heteroatoms. The van der Waals surface area contributed by atoms with Crippen molar-refractivity contribution in [2.24, 2.45) is 14.1 Å². The van der Waals surface area contributed by atoms with Crippen molar-refractivity contribution >= 4 is 99.0 Å². The zero-order valence-corrected chi connectivity index (χ0v) is 47.6. The highest BCUT2D eigenvalue weighted by Gasteiger charge is 2.36. The molecule has 7 aromatic carbocycles. The fourth-order valence-electron chi connectivity index (χ4n) is 10.2. The summed E-state index contributed by atoms with van der Waals surface area (Å²) in [5.74, 6) is -1.32. The van der Waals surface area contributed by atoms with Gasteiger partial charge in [-0.05, 0) is 82.0 Å². The van der Waals surface area contributed by atoms with Crippen LogP contribution in [0.25, 0.3) is 86.6 Å². The molecule has 0 fully saturated rings. The summed E-state index contributed by atoms with van der Waals surface area (Å²) in [6.45, 7) is 0. The highest BCUT2D eigenvalue weighted by atomic mass is 16.5. The lowest BCUT2D eigenvalue weighted by molar-refractivity contribution is -0.110. The number of aryl methyl sites for hydroxylation is 2. The second-order valence-electron chi connectivity index (χ2n) is 20.2. The predicted octanol–water partition coefficient (Wildman–Crippen LogP) is 15.0. The predicted molar refractivity (Wildman–Crippen MR) is 346 cm³/mol. The van der Waals surface area contributed by atoms with Gasteiger partial charge < -0.3 is 15.2 Å². The summed E-state index contributed by atoms with van der Waals surface area (Å²) in [6.07, 6.45) is 17.7. The lowest BCUT2D eigenvalue weighted by atomic mass is 9.88. The zero-order valence-electron chi connectivity index (χ0n) is 47.6. The molecule has 0 unspecified atom stereocenters. The fourth-order valence-corrected chi connectivity index (χ4v) is 10.2. The number of hydrogen-bond donors (Lipinski definition) is 2. The van der Waals surface area contributed by atoms with Crippen LogP contribution in [0, 0.1) is 0 Å². The van der Waals surface area contributed by atoms with Gasteiger partial charge in [0.2, 0.25) is 0 Å². The van der Waals surface area contributed by atoms with E-state index in [1.165, 1.54) is 36.2 Å². The molecule has 0 bridgehead atoms. The van der Waals surface area contributed by atoms with E-state index >= 15 is 19.2 Å². The minimum absolute atomic E-state index is 0.0000813. The summed E-state index contributed by atoms with van der Waals surface area (Å²) >= 11 is 0. The summed E-state index contributed by atoms with van der Waals surface area (Å²) in [7, 11) is 4.98. The number of carbonyl (C=O) groups excluding carboxylic acids is 3. The zero-order chi connectivity index (χ0) is 60.2. The van der Waals surface area contributed by atoms with E-state index < -0.39 is 23.4 Å². The number of anilines is 2. The van der Waals surface area contributed by atoms with Crippen LogP contribution in [0.15, 0.2) is 237 Å². The molecule has 4 aromatic heterocycles. The van der Waals surface area contributed by atoms with E-state index in [0.717, 1.165) is 21.3 Å². The number of ether oxygens (including phenoxy) is 1. The van der Waals surface area contributed by atoms with Crippen molar-refractivity contribution < 1.29 is 29.0 Å². The number of rotatable bonds is 20. The number of methoxy groups -OCH3 is 1. The third kappa shape index (κ3) is 12.9. The van der Waals surface area contributed by atoms with E-state index in [9.17, 15) is 5.11 Å². The Morgan fingerprint density at radius 3 is 1.40 bits per heavy atom. The first-order valence-electron chi connectivity index (χ1n) is 27.8. The number of ketones is 3. The van der Waals surface area contributed by atoms with Gasteiger partial charge >= 0.3 is 6.09 Å². The average Bonchev–Trinajstić information content (AvgIpc) is 1.58. The summed E-state index contributed by atoms with van der Waals surface area (Å²) in [6, 6.07) is 60.9.